The number of nitro benzene ring substituents is 1. The van der Waals surface area contributed by atoms with Gasteiger partial charge < -0.3 is 0 Å². The summed E-state index contributed by atoms with van der Waals surface area (Å²) < 4.78 is 49.4. The molecule has 15 heavy (non-hydrogen) atoms. The number of halogens is 4. The Hall–Kier alpha value is -1.60. The van der Waals surface area contributed by atoms with Crippen LogP contribution in [0.3, 0.4) is 0 Å². The number of nitrogens with zero attached hydrogens (tertiary/aromatic N) is 1. The fraction of sp³-hybridized carbons (Fsp3) is 0.143. The molecule has 1 aromatic carbocycles. The van der Waals surface area contributed by atoms with Gasteiger partial charge in [0.1, 0.15) is 7.85 Å². The van der Waals surface area contributed by atoms with Gasteiger partial charge in [0.25, 0.3) is 0 Å². The van der Waals surface area contributed by atoms with Crippen LogP contribution in [0.1, 0.15) is 5.56 Å². The van der Waals surface area contributed by atoms with E-state index in [2.05, 4.69) is 0 Å². The van der Waals surface area contributed by atoms with Gasteiger partial charge in [0.05, 0.1) is 10.5 Å². The zero-order valence-electron chi connectivity index (χ0n) is 7.01. The minimum absolute atomic E-state index is 0.0741. The third-order valence-electron chi connectivity index (χ3n) is 1.62. The van der Waals surface area contributed by atoms with Crippen LogP contribution < -0.4 is 5.46 Å². The predicted molar refractivity (Wildman–Crippen MR) is 43.4 cm³/mol. The lowest BCUT2D eigenvalue weighted by molar-refractivity contribution is -0.387. The van der Waals surface area contributed by atoms with Gasteiger partial charge in [-0.2, -0.15) is 17.6 Å². The first kappa shape index (κ1) is 11.5. The summed E-state index contributed by atoms with van der Waals surface area (Å²) in [5, 5.41) is 10.2. The second-order valence-electron chi connectivity index (χ2n) is 2.65. The third-order valence-corrected chi connectivity index (χ3v) is 1.62. The van der Waals surface area contributed by atoms with Gasteiger partial charge in [-0.05, 0) is 6.07 Å². The number of rotatable bonds is 1. The average Bonchev–Trinajstić information content (AvgIpc) is 2.00. The second-order valence-corrected chi connectivity index (χ2v) is 2.65. The number of nitro groups is 1. The van der Waals surface area contributed by atoms with Crippen LogP contribution in [0.4, 0.5) is 23.2 Å². The van der Waals surface area contributed by atoms with Gasteiger partial charge in [-0.25, -0.2) is 0 Å². The van der Waals surface area contributed by atoms with Crippen molar-refractivity contribution < 1.29 is 22.5 Å². The molecule has 0 saturated heterocycles. The Morgan fingerprint density at radius 2 is 1.87 bits per heavy atom. The lowest BCUT2D eigenvalue weighted by Gasteiger charge is -2.10. The Bertz CT molecular complexity index is 418. The van der Waals surface area contributed by atoms with E-state index in [0.29, 0.717) is 0 Å². The molecule has 3 nitrogen and oxygen atoms in total. The standard InChI is InChI=1S/C7H2BF4NO2/c8-4-2-5(9)6(13(14)15)1-3(4)7(10,11)12/h1-2H. The van der Waals surface area contributed by atoms with E-state index >= 15 is 0 Å². The molecule has 0 aromatic heterocycles. The molecule has 2 radical (unpaired) electrons. The zero-order valence-corrected chi connectivity index (χ0v) is 7.01. The van der Waals surface area contributed by atoms with Crippen LogP contribution in [0.15, 0.2) is 12.1 Å². The van der Waals surface area contributed by atoms with Crippen molar-refractivity contribution in [1.29, 1.82) is 0 Å². The van der Waals surface area contributed by atoms with Gasteiger partial charge in [0.15, 0.2) is 5.82 Å². The molecule has 1 rings (SSSR count). The number of benzene rings is 1. The summed E-state index contributed by atoms with van der Waals surface area (Å²) >= 11 is 0. The highest BCUT2D eigenvalue weighted by atomic mass is 19.4. The van der Waals surface area contributed by atoms with Crippen LogP contribution in [0, 0.1) is 15.9 Å². The molecule has 0 spiro atoms. The van der Waals surface area contributed by atoms with E-state index in [9.17, 15) is 27.7 Å². The summed E-state index contributed by atoms with van der Waals surface area (Å²) in [6, 6.07) is 0.353. The second kappa shape index (κ2) is 3.52. The third kappa shape index (κ3) is 2.25. The van der Waals surface area contributed by atoms with E-state index < -0.39 is 33.6 Å². The highest BCUT2D eigenvalue weighted by Gasteiger charge is 2.34. The van der Waals surface area contributed by atoms with E-state index in [1.807, 2.05) is 0 Å². The van der Waals surface area contributed by atoms with Crippen LogP contribution in [-0.2, 0) is 6.18 Å². The molecule has 0 bridgehead atoms. The van der Waals surface area contributed by atoms with Crippen LogP contribution >= 0.6 is 0 Å². The first-order valence-corrected chi connectivity index (χ1v) is 3.54. The topological polar surface area (TPSA) is 43.1 Å². The largest absolute Gasteiger partial charge is 0.416 e. The maximum Gasteiger partial charge on any atom is 0.416 e. The van der Waals surface area contributed by atoms with Crippen molar-refractivity contribution in [3.05, 3.63) is 33.6 Å². The molecule has 0 atom stereocenters. The Balaban J connectivity index is 3.43. The van der Waals surface area contributed by atoms with Crippen LogP contribution in [-0.4, -0.2) is 12.8 Å². The molecule has 0 unspecified atom stereocenters. The predicted octanol–water partition coefficient (Wildman–Crippen LogP) is 1.55. The number of alkyl halides is 3. The quantitative estimate of drug-likeness (QED) is 0.311. The molecular weight excluding hydrogens is 217 g/mol. The van der Waals surface area contributed by atoms with Crippen LogP contribution in [0.25, 0.3) is 0 Å². The summed E-state index contributed by atoms with van der Waals surface area (Å²) in [4.78, 5) is 8.92. The van der Waals surface area contributed by atoms with Crippen molar-refractivity contribution in [2.75, 3.05) is 0 Å². The highest BCUT2D eigenvalue weighted by molar-refractivity contribution is 6.33. The van der Waals surface area contributed by atoms with E-state index in [0.717, 1.165) is 0 Å². The smallest absolute Gasteiger partial charge is 0.258 e. The van der Waals surface area contributed by atoms with Crippen molar-refractivity contribution in [3.8, 4) is 0 Å². The molecule has 0 saturated carbocycles. The molecule has 78 valence electrons. The minimum Gasteiger partial charge on any atom is -0.258 e. The summed E-state index contributed by atoms with van der Waals surface area (Å²) in [5.41, 5.74) is -3.56. The summed E-state index contributed by atoms with van der Waals surface area (Å²) in [5.74, 6) is -1.40. The van der Waals surface area contributed by atoms with E-state index in [4.69, 9.17) is 7.85 Å². The molecule has 0 aliphatic heterocycles. The van der Waals surface area contributed by atoms with Crippen LogP contribution in [0.5, 0.6) is 0 Å². The molecule has 0 aliphatic carbocycles. The van der Waals surface area contributed by atoms with Crippen LogP contribution in [0.2, 0.25) is 0 Å². The Morgan fingerprint density at radius 1 is 1.33 bits per heavy atom. The van der Waals surface area contributed by atoms with E-state index in [1.54, 1.807) is 0 Å². The van der Waals surface area contributed by atoms with Gasteiger partial charge in [0.2, 0.25) is 0 Å². The lowest BCUT2D eigenvalue weighted by Crippen LogP contribution is -2.21. The van der Waals surface area contributed by atoms with Crippen molar-refractivity contribution in [2.24, 2.45) is 0 Å². The molecule has 0 aliphatic rings. The Labute approximate surface area is 82.3 Å². The van der Waals surface area contributed by atoms with Crippen molar-refractivity contribution in [3.63, 3.8) is 0 Å². The van der Waals surface area contributed by atoms with Crippen molar-refractivity contribution in [2.45, 2.75) is 6.18 Å². The summed E-state index contributed by atoms with van der Waals surface area (Å²) in [6.07, 6.45) is -4.84. The first-order chi connectivity index (χ1) is 6.73. The lowest BCUT2D eigenvalue weighted by atomic mass is 9.89. The maximum atomic E-state index is 12.8. The van der Waals surface area contributed by atoms with Crippen molar-refractivity contribution in [1.82, 2.24) is 0 Å². The molecule has 0 fully saturated rings. The molecule has 0 heterocycles. The number of hydrogen-bond donors (Lipinski definition) is 0. The van der Waals surface area contributed by atoms with Gasteiger partial charge in [-0.3, -0.25) is 10.1 Å². The fourth-order valence-electron chi connectivity index (χ4n) is 0.963. The molecule has 0 amide bonds. The average molecular weight is 219 g/mol. The van der Waals surface area contributed by atoms with Gasteiger partial charge >= 0.3 is 11.9 Å². The normalized spacial score (nSPS) is 11.5. The van der Waals surface area contributed by atoms with E-state index in [1.165, 1.54) is 0 Å². The molecular formula is C7H2BF4NO2. The summed E-state index contributed by atoms with van der Waals surface area (Å²) in [6.45, 7) is 0. The molecule has 1 aromatic rings. The van der Waals surface area contributed by atoms with Gasteiger partial charge in [-0.1, -0.05) is 5.46 Å². The molecule has 0 N–H and O–H groups in total. The highest BCUT2D eigenvalue weighted by Crippen LogP contribution is 2.30. The summed E-state index contributed by atoms with van der Waals surface area (Å²) in [7, 11) is 4.89. The van der Waals surface area contributed by atoms with Crippen molar-refractivity contribution >= 4 is 19.0 Å². The van der Waals surface area contributed by atoms with Gasteiger partial charge in [0, 0.05) is 6.07 Å². The first-order valence-electron chi connectivity index (χ1n) is 3.54. The van der Waals surface area contributed by atoms with Gasteiger partial charge in [-0.15, -0.1) is 0 Å². The fourth-order valence-corrected chi connectivity index (χ4v) is 0.963. The number of hydrogen-bond acceptors (Lipinski definition) is 2. The minimum atomic E-state index is -4.84. The maximum absolute atomic E-state index is 12.8. The Kier molecular flexibility index (Phi) is 2.70. The monoisotopic (exact) mass is 219 g/mol. The zero-order chi connectivity index (χ0) is 11.8. The molecule has 8 heteroatoms. The van der Waals surface area contributed by atoms with E-state index in [-0.39, 0.29) is 12.1 Å². The Morgan fingerprint density at radius 3 is 2.27 bits per heavy atom. The SMILES string of the molecule is [B]c1cc(F)c([N+](=O)[O-])cc1C(F)(F)F.